The van der Waals surface area contributed by atoms with Crippen molar-refractivity contribution in [2.45, 2.75) is 11.3 Å². The van der Waals surface area contributed by atoms with Gasteiger partial charge in [0.1, 0.15) is 28.9 Å². The van der Waals surface area contributed by atoms with E-state index in [1.165, 1.54) is 30.6 Å². The van der Waals surface area contributed by atoms with Gasteiger partial charge in [0, 0.05) is 17.3 Å². The lowest BCUT2D eigenvalue weighted by atomic mass is 10.1. The highest BCUT2D eigenvalue weighted by Gasteiger charge is 2.30. The zero-order chi connectivity index (χ0) is 19.4. The lowest BCUT2D eigenvalue weighted by Gasteiger charge is -2.10. The highest BCUT2D eigenvalue weighted by molar-refractivity contribution is 7.82. The molecule has 0 spiro atoms. The molecular formula is C17H13F3N4O2S. The largest absolute Gasteiger partial charge is 0.573 e. The number of hydrogen-bond acceptors (Lipinski definition) is 5. The smallest absolute Gasteiger partial charge is 0.406 e. The predicted octanol–water partition coefficient (Wildman–Crippen LogP) is 3.77. The van der Waals surface area contributed by atoms with Gasteiger partial charge in [-0.2, -0.15) is 0 Å². The molecule has 1 atom stereocenters. The van der Waals surface area contributed by atoms with Crippen molar-refractivity contribution in [3.8, 4) is 17.0 Å². The van der Waals surface area contributed by atoms with Gasteiger partial charge in [-0.3, -0.25) is 0 Å². The number of hydrogen-bond donors (Lipinski definition) is 2. The minimum Gasteiger partial charge on any atom is -0.406 e. The van der Waals surface area contributed by atoms with Crippen LogP contribution in [0.2, 0.25) is 0 Å². The van der Waals surface area contributed by atoms with Gasteiger partial charge in [0.25, 0.3) is 0 Å². The Morgan fingerprint density at radius 1 is 1.00 bits per heavy atom. The van der Waals surface area contributed by atoms with Gasteiger partial charge in [0.15, 0.2) is 0 Å². The molecule has 0 aliphatic rings. The van der Waals surface area contributed by atoms with Gasteiger partial charge in [-0.05, 0) is 36.4 Å². The van der Waals surface area contributed by atoms with Crippen molar-refractivity contribution in [3.05, 3.63) is 60.9 Å². The zero-order valence-corrected chi connectivity index (χ0v) is 14.4. The number of aromatic nitrogens is 2. The second kappa shape index (κ2) is 7.72. The van der Waals surface area contributed by atoms with E-state index in [4.69, 9.17) is 5.14 Å². The van der Waals surface area contributed by atoms with Crippen molar-refractivity contribution >= 4 is 22.5 Å². The number of halogens is 3. The van der Waals surface area contributed by atoms with Crippen LogP contribution in [0.25, 0.3) is 11.3 Å². The number of nitrogens with one attached hydrogen (secondary N) is 1. The molecule has 0 saturated heterocycles. The fourth-order valence-corrected chi connectivity index (χ4v) is 2.64. The molecule has 27 heavy (non-hydrogen) atoms. The van der Waals surface area contributed by atoms with E-state index in [0.29, 0.717) is 22.1 Å². The standard InChI is InChI=1S/C17H13F3N4O2S/c18-17(19,20)26-13-5-3-12(4-6-13)24-16-9-15(22-10-23-16)11-1-7-14(8-2-11)27(21)25/h1-10H,21H2,(H,22,23,24). The maximum atomic E-state index is 12.2. The monoisotopic (exact) mass is 394 g/mol. The Kier molecular flexibility index (Phi) is 5.38. The summed E-state index contributed by atoms with van der Waals surface area (Å²) in [5.74, 6) is 0.143. The summed E-state index contributed by atoms with van der Waals surface area (Å²) >= 11 is 0. The molecule has 0 aliphatic carbocycles. The van der Waals surface area contributed by atoms with E-state index in [2.05, 4.69) is 20.0 Å². The molecule has 0 aliphatic heterocycles. The number of nitrogens with zero attached hydrogens (tertiary/aromatic N) is 2. The summed E-state index contributed by atoms with van der Waals surface area (Å²) < 4.78 is 51.6. The Bertz CT molecular complexity index is 948. The number of ether oxygens (including phenoxy) is 1. The first-order chi connectivity index (χ1) is 12.8. The van der Waals surface area contributed by atoms with E-state index < -0.39 is 17.3 Å². The zero-order valence-electron chi connectivity index (χ0n) is 13.6. The van der Waals surface area contributed by atoms with Crippen LogP contribution in [0.15, 0.2) is 65.8 Å². The van der Waals surface area contributed by atoms with Crippen LogP contribution in [-0.4, -0.2) is 20.5 Å². The van der Waals surface area contributed by atoms with E-state index in [9.17, 15) is 17.4 Å². The lowest BCUT2D eigenvalue weighted by molar-refractivity contribution is -0.274. The molecular weight excluding hydrogens is 381 g/mol. The summed E-state index contributed by atoms with van der Waals surface area (Å²) in [4.78, 5) is 8.76. The molecule has 0 saturated carbocycles. The summed E-state index contributed by atoms with van der Waals surface area (Å²) in [6, 6.07) is 13.7. The average molecular weight is 394 g/mol. The SMILES string of the molecule is NS(=O)c1ccc(-c2cc(Nc3ccc(OC(F)(F)F)cc3)ncn2)cc1. The predicted molar refractivity (Wildman–Crippen MR) is 94.5 cm³/mol. The minimum absolute atomic E-state index is 0.311. The van der Waals surface area contributed by atoms with Crippen LogP contribution in [0.5, 0.6) is 5.75 Å². The molecule has 0 amide bonds. The van der Waals surface area contributed by atoms with Gasteiger partial charge in [-0.25, -0.2) is 19.3 Å². The van der Waals surface area contributed by atoms with E-state index in [1.54, 1.807) is 30.3 Å². The fourth-order valence-electron chi connectivity index (χ4n) is 2.23. The third kappa shape index (κ3) is 5.25. The van der Waals surface area contributed by atoms with Crippen LogP contribution in [0.3, 0.4) is 0 Å². The first kappa shape index (κ1) is 18.8. The lowest BCUT2D eigenvalue weighted by Crippen LogP contribution is -2.16. The van der Waals surface area contributed by atoms with Crippen molar-refractivity contribution in [3.63, 3.8) is 0 Å². The number of alkyl halides is 3. The van der Waals surface area contributed by atoms with E-state index in [-0.39, 0.29) is 5.75 Å². The Morgan fingerprint density at radius 2 is 1.67 bits per heavy atom. The molecule has 1 heterocycles. The number of nitrogens with two attached hydrogens (primary N) is 1. The van der Waals surface area contributed by atoms with Gasteiger partial charge < -0.3 is 10.1 Å². The summed E-state index contributed by atoms with van der Waals surface area (Å²) in [6.45, 7) is 0. The first-order valence-electron chi connectivity index (χ1n) is 7.52. The molecule has 0 radical (unpaired) electrons. The summed E-state index contributed by atoms with van der Waals surface area (Å²) in [7, 11) is -1.56. The van der Waals surface area contributed by atoms with Gasteiger partial charge in [-0.15, -0.1) is 13.2 Å². The van der Waals surface area contributed by atoms with Crippen LogP contribution in [0.1, 0.15) is 0 Å². The summed E-state index contributed by atoms with van der Waals surface area (Å²) in [6.07, 6.45) is -3.38. The fraction of sp³-hybridized carbons (Fsp3) is 0.0588. The molecule has 3 rings (SSSR count). The average Bonchev–Trinajstić information content (AvgIpc) is 2.62. The van der Waals surface area contributed by atoms with Crippen LogP contribution in [0, 0.1) is 0 Å². The highest BCUT2D eigenvalue weighted by atomic mass is 32.2. The maximum Gasteiger partial charge on any atom is 0.573 e. The Labute approximate surface area is 154 Å². The molecule has 3 N–H and O–H groups in total. The molecule has 140 valence electrons. The van der Waals surface area contributed by atoms with Crippen molar-refractivity contribution in [2.75, 3.05) is 5.32 Å². The van der Waals surface area contributed by atoms with Crippen LogP contribution < -0.4 is 15.2 Å². The van der Waals surface area contributed by atoms with Gasteiger partial charge in [-0.1, -0.05) is 12.1 Å². The van der Waals surface area contributed by atoms with Crippen LogP contribution in [0.4, 0.5) is 24.7 Å². The van der Waals surface area contributed by atoms with E-state index in [0.717, 1.165) is 5.56 Å². The third-order valence-electron chi connectivity index (χ3n) is 3.41. The van der Waals surface area contributed by atoms with Gasteiger partial charge in [0.05, 0.1) is 10.6 Å². The molecule has 10 heteroatoms. The number of benzene rings is 2. The van der Waals surface area contributed by atoms with Crippen molar-refractivity contribution in [2.24, 2.45) is 5.14 Å². The van der Waals surface area contributed by atoms with Crippen molar-refractivity contribution < 1.29 is 22.1 Å². The first-order valence-corrected chi connectivity index (χ1v) is 8.73. The topological polar surface area (TPSA) is 90.1 Å². The maximum absolute atomic E-state index is 12.2. The van der Waals surface area contributed by atoms with Crippen molar-refractivity contribution in [1.29, 1.82) is 0 Å². The van der Waals surface area contributed by atoms with E-state index >= 15 is 0 Å². The number of anilines is 2. The Hall–Kier alpha value is -2.98. The molecule has 6 nitrogen and oxygen atoms in total. The molecule has 3 aromatic rings. The third-order valence-corrected chi connectivity index (χ3v) is 4.15. The summed E-state index contributed by atoms with van der Waals surface area (Å²) in [5.41, 5.74) is 1.91. The minimum atomic E-state index is -4.73. The van der Waals surface area contributed by atoms with E-state index in [1.807, 2.05) is 0 Å². The van der Waals surface area contributed by atoms with Gasteiger partial charge in [0.2, 0.25) is 0 Å². The molecule has 2 aromatic carbocycles. The highest BCUT2D eigenvalue weighted by Crippen LogP contribution is 2.26. The second-order valence-corrected chi connectivity index (χ2v) is 6.37. The molecule has 0 fully saturated rings. The number of rotatable bonds is 5. The Balaban J connectivity index is 1.75. The second-order valence-electron chi connectivity index (χ2n) is 5.31. The van der Waals surface area contributed by atoms with Crippen molar-refractivity contribution in [1.82, 2.24) is 9.97 Å². The Morgan fingerprint density at radius 3 is 2.26 bits per heavy atom. The normalized spacial score (nSPS) is 12.4. The quantitative estimate of drug-likeness (QED) is 0.688. The molecule has 0 bridgehead atoms. The molecule has 1 unspecified atom stereocenters. The summed E-state index contributed by atoms with van der Waals surface area (Å²) in [5, 5.41) is 8.30. The van der Waals surface area contributed by atoms with Crippen LogP contribution >= 0.6 is 0 Å². The molecule has 1 aromatic heterocycles. The van der Waals surface area contributed by atoms with Crippen LogP contribution in [-0.2, 0) is 11.0 Å². The van der Waals surface area contributed by atoms with Gasteiger partial charge >= 0.3 is 6.36 Å².